The number of hydrogen-bond acceptors (Lipinski definition) is 5. The Morgan fingerprint density at radius 3 is 2.94 bits per heavy atom. The van der Waals surface area contributed by atoms with E-state index in [0.29, 0.717) is 5.56 Å². The van der Waals surface area contributed by atoms with Crippen LogP contribution in [0.4, 0.5) is 5.69 Å². The summed E-state index contributed by atoms with van der Waals surface area (Å²) in [7, 11) is 0. The average Bonchev–Trinajstić information content (AvgIpc) is 2.29. The van der Waals surface area contributed by atoms with Crippen molar-refractivity contribution in [1.29, 1.82) is 0 Å². The third-order valence-corrected chi connectivity index (χ3v) is 1.93. The molecule has 5 nitrogen and oxygen atoms in total. The predicted molar refractivity (Wildman–Crippen MR) is 56.0 cm³/mol. The Balaban J connectivity index is 2.90. The van der Waals surface area contributed by atoms with Crippen LogP contribution >= 0.6 is 0 Å². The normalized spacial score (nSPS) is 9.31. The van der Waals surface area contributed by atoms with E-state index in [0.717, 1.165) is 0 Å². The molecule has 84 valence electrons. The molecule has 5 heteroatoms. The Bertz CT molecular complexity index is 436. The first-order valence-electron chi connectivity index (χ1n) is 4.73. The van der Waals surface area contributed by atoms with Crippen molar-refractivity contribution in [2.75, 3.05) is 0 Å². The summed E-state index contributed by atoms with van der Waals surface area (Å²) in [4.78, 5) is 24.5. The molecule has 0 unspecified atom stereocenters. The molecule has 0 spiro atoms. The highest BCUT2D eigenvalue weighted by molar-refractivity contribution is 5.69. The van der Waals surface area contributed by atoms with Crippen LogP contribution in [0.15, 0.2) is 23.2 Å². The van der Waals surface area contributed by atoms with Crippen molar-refractivity contribution >= 4 is 17.7 Å². The highest BCUT2D eigenvalue weighted by atomic mass is 16.5. The Morgan fingerprint density at radius 1 is 1.56 bits per heavy atom. The van der Waals surface area contributed by atoms with Gasteiger partial charge in [-0.3, -0.25) is 4.79 Å². The van der Waals surface area contributed by atoms with Gasteiger partial charge in [-0.15, -0.1) is 0 Å². The Labute approximate surface area is 92.4 Å². The number of esters is 1. The molecule has 0 amide bonds. The van der Waals surface area contributed by atoms with Crippen LogP contribution in [-0.4, -0.2) is 17.2 Å². The van der Waals surface area contributed by atoms with Crippen LogP contribution in [-0.2, 0) is 20.9 Å². The van der Waals surface area contributed by atoms with Gasteiger partial charge in [-0.1, -0.05) is 19.1 Å². The second-order valence-electron chi connectivity index (χ2n) is 3.00. The highest BCUT2D eigenvalue weighted by Gasteiger charge is 2.08. The first kappa shape index (κ1) is 11.9. The largest absolute Gasteiger partial charge is 0.506 e. The van der Waals surface area contributed by atoms with Gasteiger partial charge >= 0.3 is 5.97 Å². The number of phenols is 1. The zero-order valence-electron chi connectivity index (χ0n) is 8.77. The number of aromatic hydroxyl groups is 1. The maximum atomic E-state index is 10.9. The first-order valence-corrected chi connectivity index (χ1v) is 4.73. The van der Waals surface area contributed by atoms with Crippen molar-refractivity contribution in [2.24, 2.45) is 4.99 Å². The molecule has 1 aromatic rings. The molecule has 0 aromatic heterocycles. The van der Waals surface area contributed by atoms with Crippen LogP contribution in [0.2, 0.25) is 0 Å². The molecule has 1 aromatic carbocycles. The first-order chi connectivity index (χ1) is 7.69. The molecular weight excluding hydrogens is 210 g/mol. The fourth-order valence-electron chi connectivity index (χ4n) is 1.13. The minimum Gasteiger partial charge on any atom is -0.506 e. The Kier molecular flexibility index (Phi) is 4.24. The van der Waals surface area contributed by atoms with Gasteiger partial charge in [0.2, 0.25) is 6.08 Å². The number of ether oxygens (including phenoxy) is 1. The number of aliphatic imine (C=N–C) groups is 1. The lowest BCUT2D eigenvalue weighted by Gasteiger charge is -2.06. The standard InChI is InChI=1S/C11H11NO4/c1-2-10(15)16-6-8-4-3-5-9(14)11(8)12-7-13/h3-5,14H,2,6H2,1H3. The van der Waals surface area contributed by atoms with Crippen LogP contribution < -0.4 is 0 Å². The van der Waals surface area contributed by atoms with Crippen LogP contribution in [0.3, 0.4) is 0 Å². The minimum absolute atomic E-state index is 0.0262. The molecule has 0 atom stereocenters. The molecular formula is C11H11NO4. The molecule has 1 rings (SSSR count). The molecule has 0 saturated carbocycles. The zero-order chi connectivity index (χ0) is 12.0. The number of para-hydroxylation sites is 1. The molecule has 0 radical (unpaired) electrons. The van der Waals surface area contributed by atoms with E-state index in [-0.39, 0.29) is 30.4 Å². The predicted octanol–water partition coefficient (Wildman–Crippen LogP) is 1.81. The number of carbonyl (C=O) groups is 1. The summed E-state index contributed by atoms with van der Waals surface area (Å²) < 4.78 is 4.88. The lowest BCUT2D eigenvalue weighted by molar-refractivity contribution is -0.144. The van der Waals surface area contributed by atoms with Crippen LogP contribution in [0.25, 0.3) is 0 Å². The topological polar surface area (TPSA) is 76.0 Å². The minimum atomic E-state index is -0.357. The molecule has 0 bridgehead atoms. The number of rotatable bonds is 4. The second kappa shape index (κ2) is 5.68. The van der Waals surface area contributed by atoms with E-state index in [4.69, 9.17) is 4.74 Å². The van der Waals surface area contributed by atoms with E-state index < -0.39 is 0 Å². The fourth-order valence-corrected chi connectivity index (χ4v) is 1.13. The summed E-state index contributed by atoms with van der Waals surface area (Å²) in [5.74, 6) is -0.502. The van der Waals surface area contributed by atoms with Crippen molar-refractivity contribution in [2.45, 2.75) is 20.0 Å². The van der Waals surface area contributed by atoms with Gasteiger partial charge in [-0.05, 0) is 6.07 Å². The summed E-state index contributed by atoms with van der Waals surface area (Å²) in [6.07, 6.45) is 1.61. The van der Waals surface area contributed by atoms with Gasteiger partial charge in [-0.25, -0.2) is 4.79 Å². The van der Waals surface area contributed by atoms with E-state index in [1.54, 1.807) is 19.1 Å². The average molecular weight is 221 g/mol. The zero-order valence-corrected chi connectivity index (χ0v) is 8.77. The molecule has 0 fully saturated rings. The monoisotopic (exact) mass is 221 g/mol. The maximum Gasteiger partial charge on any atom is 0.305 e. The number of isocyanates is 1. The summed E-state index contributed by atoms with van der Waals surface area (Å²) in [5, 5.41) is 9.43. The second-order valence-corrected chi connectivity index (χ2v) is 3.00. The highest BCUT2D eigenvalue weighted by Crippen LogP contribution is 2.30. The van der Waals surface area contributed by atoms with Gasteiger partial charge in [0.05, 0.1) is 0 Å². The van der Waals surface area contributed by atoms with Crippen LogP contribution in [0.1, 0.15) is 18.9 Å². The van der Waals surface area contributed by atoms with Crippen LogP contribution in [0, 0.1) is 0 Å². The number of nitrogens with zero attached hydrogens (tertiary/aromatic N) is 1. The number of phenolic OH excluding ortho intramolecular Hbond substituents is 1. The molecule has 0 aliphatic heterocycles. The number of hydrogen-bond donors (Lipinski definition) is 1. The van der Waals surface area contributed by atoms with E-state index in [1.807, 2.05) is 0 Å². The Morgan fingerprint density at radius 2 is 2.31 bits per heavy atom. The van der Waals surface area contributed by atoms with Crippen molar-refractivity contribution in [3.63, 3.8) is 0 Å². The molecule has 16 heavy (non-hydrogen) atoms. The quantitative estimate of drug-likeness (QED) is 0.478. The maximum absolute atomic E-state index is 10.9. The van der Waals surface area contributed by atoms with E-state index in [1.165, 1.54) is 12.1 Å². The summed E-state index contributed by atoms with van der Waals surface area (Å²) in [6.45, 7) is 1.65. The molecule has 0 aliphatic rings. The van der Waals surface area contributed by atoms with Gasteiger partial charge in [0.15, 0.2) is 0 Å². The van der Waals surface area contributed by atoms with Gasteiger partial charge < -0.3 is 9.84 Å². The van der Waals surface area contributed by atoms with E-state index in [2.05, 4.69) is 4.99 Å². The van der Waals surface area contributed by atoms with Crippen molar-refractivity contribution in [1.82, 2.24) is 0 Å². The van der Waals surface area contributed by atoms with Gasteiger partial charge in [-0.2, -0.15) is 4.99 Å². The van der Waals surface area contributed by atoms with Crippen molar-refractivity contribution < 1.29 is 19.4 Å². The third-order valence-electron chi connectivity index (χ3n) is 1.93. The van der Waals surface area contributed by atoms with Gasteiger partial charge in [0, 0.05) is 12.0 Å². The fraction of sp³-hybridized carbons (Fsp3) is 0.273. The SMILES string of the molecule is CCC(=O)OCc1cccc(O)c1N=C=O. The lowest BCUT2D eigenvalue weighted by atomic mass is 10.2. The smallest absolute Gasteiger partial charge is 0.305 e. The summed E-state index contributed by atoms with van der Waals surface area (Å²) in [5.41, 5.74) is 0.548. The van der Waals surface area contributed by atoms with Crippen LogP contribution in [0.5, 0.6) is 5.75 Å². The summed E-state index contributed by atoms with van der Waals surface area (Å²) in [6, 6.07) is 4.58. The molecule has 1 N–H and O–H groups in total. The van der Waals surface area contributed by atoms with E-state index >= 15 is 0 Å². The number of carbonyl (C=O) groups excluding carboxylic acids is 2. The Hall–Kier alpha value is -2.13. The van der Waals surface area contributed by atoms with E-state index in [9.17, 15) is 14.7 Å². The van der Waals surface area contributed by atoms with Gasteiger partial charge in [0.1, 0.15) is 18.0 Å². The molecule has 0 saturated heterocycles. The molecule has 0 heterocycles. The third kappa shape index (κ3) is 2.93. The summed E-state index contributed by atoms with van der Waals surface area (Å²) >= 11 is 0. The molecule has 0 aliphatic carbocycles. The number of benzene rings is 1. The van der Waals surface area contributed by atoms with Crippen molar-refractivity contribution in [3.05, 3.63) is 23.8 Å². The van der Waals surface area contributed by atoms with Gasteiger partial charge in [0.25, 0.3) is 0 Å². The lowest BCUT2D eigenvalue weighted by Crippen LogP contribution is -2.02. The van der Waals surface area contributed by atoms with Crippen molar-refractivity contribution in [3.8, 4) is 5.75 Å².